The van der Waals surface area contributed by atoms with Crippen LogP contribution in [0.15, 0.2) is 140 Å². The number of hydrogen-bond acceptors (Lipinski definition) is 8. The Morgan fingerprint density at radius 3 is 1.75 bits per heavy atom. The van der Waals surface area contributed by atoms with Crippen molar-refractivity contribution < 1.29 is 4.42 Å². The summed E-state index contributed by atoms with van der Waals surface area (Å²) in [4.78, 5) is 30.0. The number of nitrogens with zero attached hydrogens (tertiary/aromatic N) is 11. The van der Waals surface area contributed by atoms with Gasteiger partial charge in [0, 0.05) is 101 Å². The lowest BCUT2D eigenvalue weighted by Gasteiger charge is -2.17. The monoisotopic (exact) mass is 817 g/mol. The molecule has 0 saturated heterocycles. The molecule has 0 N–H and O–H groups in total. The summed E-state index contributed by atoms with van der Waals surface area (Å²) in [5, 5.41) is 1.07. The van der Waals surface area contributed by atoms with E-state index in [1.165, 1.54) is 5.52 Å². The predicted molar refractivity (Wildman–Crippen MR) is 245 cm³/mol. The van der Waals surface area contributed by atoms with Crippen molar-refractivity contribution in [3.8, 4) is 0 Å². The van der Waals surface area contributed by atoms with E-state index in [-0.39, 0.29) is 5.41 Å². The summed E-state index contributed by atoms with van der Waals surface area (Å²) in [6.45, 7) is 23.6. The van der Waals surface area contributed by atoms with Crippen LogP contribution in [0.25, 0.3) is 33.3 Å². The van der Waals surface area contributed by atoms with Crippen LogP contribution in [0.1, 0.15) is 128 Å². The Morgan fingerprint density at radius 2 is 1.07 bits per heavy atom. The molecule has 0 amide bonds. The van der Waals surface area contributed by atoms with Crippen molar-refractivity contribution in [3.05, 3.63) is 164 Å². The standard InChI is InChI=1S/C11H14N2.C10H12N2.C10H11NO.2C9H11N3/c1-11(2,3)10-7-9-5-4-6-13(9)8-12-10;1-8(2)10-7-12-5-3-4-9(12)6-11-10;1-7(2)9-5-10-8(6-11-9)3-4-12-10;1-7(2)8-6-12-4-3-10-9(12)5-11-8;1-7(2)8-5-9-10-3-4-12(9)6-11-8/h4-8H,1-3H3;3-8H,1-2H3;3*3-7H,1-2H3. The van der Waals surface area contributed by atoms with Crippen molar-refractivity contribution in [3.63, 3.8) is 0 Å². The first kappa shape index (κ1) is 43.9. The molecule has 0 bridgehead atoms. The molecule has 0 aliphatic carbocycles. The first-order chi connectivity index (χ1) is 29.2. The zero-order chi connectivity index (χ0) is 43.7. The first-order valence-corrected chi connectivity index (χ1v) is 20.9. The molecule has 0 radical (unpaired) electrons. The second kappa shape index (κ2) is 19.6. The summed E-state index contributed by atoms with van der Waals surface area (Å²) < 4.78 is 13.3. The van der Waals surface area contributed by atoms with Crippen molar-refractivity contribution in [2.75, 3.05) is 0 Å². The molecular weight excluding hydrogens is 759 g/mol. The average Bonchev–Trinajstić information content (AvgIpc) is 4.10. The van der Waals surface area contributed by atoms with Crippen LogP contribution in [-0.2, 0) is 5.41 Å². The van der Waals surface area contributed by atoms with Gasteiger partial charge >= 0.3 is 0 Å². The molecule has 0 spiro atoms. The second-order valence-electron chi connectivity index (χ2n) is 17.2. The minimum absolute atomic E-state index is 0.131. The van der Waals surface area contributed by atoms with Gasteiger partial charge in [0.1, 0.15) is 17.6 Å². The maximum atomic E-state index is 5.27. The SMILES string of the molecule is CC(C)(C)c1cc2cccn2cn1.CC(C)c1cc2nccn2cn1.CC(C)c1cc2occc2cn1.CC(C)c1cn2cccc2cn1.CC(C)c1cn2ccnc2cn1. The van der Waals surface area contributed by atoms with Gasteiger partial charge in [-0.25, -0.2) is 19.9 Å². The highest BCUT2D eigenvalue weighted by Crippen LogP contribution is 2.21. The lowest BCUT2D eigenvalue weighted by atomic mass is 9.92. The maximum Gasteiger partial charge on any atom is 0.155 e. The minimum Gasteiger partial charge on any atom is -0.464 e. The lowest BCUT2D eigenvalue weighted by molar-refractivity contribution is 0.567. The molecule has 12 nitrogen and oxygen atoms in total. The fourth-order valence-corrected chi connectivity index (χ4v) is 6.07. The largest absolute Gasteiger partial charge is 0.464 e. The van der Waals surface area contributed by atoms with E-state index in [2.05, 4.69) is 140 Å². The quantitative estimate of drug-likeness (QED) is 0.172. The molecule has 0 fully saturated rings. The number of rotatable bonds is 4. The van der Waals surface area contributed by atoms with Gasteiger partial charge in [-0.1, -0.05) is 76.2 Å². The molecule has 0 aliphatic heterocycles. The molecule has 0 unspecified atom stereocenters. The number of pyridine rings is 1. The van der Waals surface area contributed by atoms with Crippen LogP contribution in [0.5, 0.6) is 0 Å². The van der Waals surface area contributed by atoms with E-state index < -0.39 is 0 Å². The summed E-state index contributed by atoms with van der Waals surface area (Å²) >= 11 is 0. The lowest BCUT2D eigenvalue weighted by Crippen LogP contribution is -2.13. The van der Waals surface area contributed by atoms with E-state index in [4.69, 9.17) is 4.42 Å². The van der Waals surface area contributed by atoms with E-state index in [0.29, 0.717) is 23.7 Å². The predicted octanol–water partition coefficient (Wildman–Crippen LogP) is 11.7. The van der Waals surface area contributed by atoms with Gasteiger partial charge in [-0.2, -0.15) is 0 Å². The Balaban J connectivity index is 0.000000128. The average molecular weight is 818 g/mol. The number of imidazole rings is 2. The van der Waals surface area contributed by atoms with Crippen molar-refractivity contribution in [2.45, 2.75) is 105 Å². The molecule has 10 rings (SSSR count). The summed E-state index contributed by atoms with van der Waals surface area (Å²) in [7, 11) is 0. The third-order valence-electron chi connectivity index (χ3n) is 9.95. The topological polar surface area (TPSA) is 121 Å². The third kappa shape index (κ3) is 11.5. The molecule has 12 heteroatoms. The Kier molecular flexibility index (Phi) is 14.1. The van der Waals surface area contributed by atoms with Gasteiger partial charge in [-0.3, -0.25) is 19.4 Å². The van der Waals surface area contributed by atoms with Crippen LogP contribution in [-0.4, -0.2) is 52.5 Å². The molecular formula is C49H59N11O. The van der Waals surface area contributed by atoms with Crippen molar-refractivity contribution in [2.24, 2.45) is 0 Å². The number of furan rings is 1. The fourth-order valence-electron chi connectivity index (χ4n) is 6.07. The Bertz CT molecular complexity index is 2590. The maximum absolute atomic E-state index is 5.27. The van der Waals surface area contributed by atoms with Gasteiger partial charge in [0.05, 0.1) is 41.9 Å². The molecule has 0 aromatic carbocycles. The molecule has 10 aromatic rings. The smallest absolute Gasteiger partial charge is 0.155 e. The Morgan fingerprint density at radius 1 is 0.492 bits per heavy atom. The number of hydrogen-bond donors (Lipinski definition) is 0. The van der Waals surface area contributed by atoms with Gasteiger partial charge in [0.15, 0.2) is 5.65 Å². The highest BCUT2D eigenvalue weighted by Gasteiger charge is 2.15. The van der Waals surface area contributed by atoms with Crippen molar-refractivity contribution >= 4 is 33.3 Å². The number of fused-ring (bicyclic) bond motifs is 5. The van der Waals surface area contributed by atoms with Crippen LogP contribution in [0.2, 0.25) is 0 Å². The minimum atomic E-state index is 0.131. The fraction of sp³-hybridized carbons (Fsp3) is 0.327. The molecule has 0 saturated carbocycles. The third-order valence-corrected chi connectivity index (χ3v) is 9.95. The summed E-state index contributed by atoms with van der Waals surface area (Å²) in [6.07, 6.45) is 26.5. The first-order valence-electron chi connectivity index (χ1n) is 20.9. The molecule has 316 valence electrons. The Labute approximate surface area is 358 Å². The van der Waals surface area contributed by atoms with E-state index in [9.17, 15) is 0 Å². The van der Waals surface area contributed by atoms with Crippen molar-refractivity contribution in [1.29, 1.82) is 0 Å². The van der Waals surface area contributed by atoms with Gasteiger partial charge in [-0.05, 0) is 60.1 Å². The van der Waals surface area contributed by atoms with Gasteiger partial charge in [0.25, 0.3) is 0 Å². The zero-order valence-corrected chi connectivity index (χ0v) is 37.3. The van der Waals surface area contributed by atoms with Crippen LogP contribution in [0.3, 0.4) is 0 Å². The van der Waals surface area contributed by atoms with Crippen molar-refractivity contribution in [1.82, 2.24) is 52.5 Å². The van der Waals surface area contributed by atoms with E-state index in [0.717, 1.165) is 56.2 Å². The van der Waals surface area contributed by atoms with Gasteiger partial charge in [0.2, 0.25) is 0 Å². The number of aromatic nitrogens is 11. The van der Waals surface area contributed by atoms with Crippen LogP contribution in [0, 0.1) is 0 Å². The molecule has 0 atom stereocenters. The zero-order valence-electron chi connectivity index (χ0n) is 37.3. The van der Waals surface area contributed by atoms with E-state index >= 15 is 0 Å². The molecule has 0 aliphatic rings. The summed E-state index contributed by atoms with van der Waals surface area (Å²) in [6, 6.07) is 16.3. The molecule has 10 heterocycles. The second-order valence-corrected chi connectivity index (χ2v) is 17.2. The highest BCUT2D eigenvalue weighted by molar-refractivity contribution is 5.76. The molecule has 10 aromatic heterocycles. The van der Waals surface area contributed by atoms with Crippen LogP contribution in [0.4, 0.5) is 0 Å². The van der Waals surface area contributed by atoms with Crippen LogP contribution < -0.4 is 0 Å². The normalized spacial score (nSPS) is 11.5. The van der Waals surface area contributed by atoms with Crippen LogP contribution >= 0.6 is 0 Å². The van der Waals surface area contributed by atoms with E-state index in [1.807, 2.05) is 93.2 Å². The summed E-state index contributed by atoms with van der Waals surface area (Å²) in [5.74, 6) is 1.89. The summed E-state index contributed by atoms with van der Waals surface area (Å²) in [5.41, 5.74) is 10.8. The van der Waals surface area contributed by atoms with Gasteiger partial charge in [-0.15, -0.1) is 0 Å². The highest BCUT2D eigenvalue weighted by atomic mass is 16.3. The van der Waals surface area contributed by atoms with Gasteiger partial charge < -0.3 is 17.6 Å². The molecule has 61 heavy (non-hydrogen) atoms. The Hall–Kier alpha value is -6.69. The van der Waals surface area contributed by atoms with E-state index in [1.54, 1.807) is 31.2 Å².